The van der Waals surface area contributed by atoms with E-state index in [-0.39, 0.29) is 10.6 Å². The molecule has 0 spiro atoms. The summed E-state index contributed by atoms with van der Waals surface area (Å²) in [6.45, 7) is 0. The molecule has 2 aromatic rings. The summed E-state index contributed by atoms with van der Waals surface area (Å²) in [6.07, 6.45) is 0.733. The Balaban J connectivity index is 2.15. The summed E-state index contributed by atoms with van der Waals surface area (Å²) < 4.78 is 20.0. The molecule has 19 heavy (non-hydrogen) atoms. The molecule has 1 nitrogen and oxygen atoms in total. The number of rotatable bonds is 4. The number of alkyl halides is 1. The van der Waals surface area contributed by atoms with Gasteiger partial charge in [-0.3, -0.25) is 0 Å². The summed E-state index contributed by atoms with van der Waals surface area (Å²) in [6, 6.07) is 13.0. The van der Waals surface area contributed by atoms with Crippen molar-refractivity contribution in [3.8, 4) is 5.75 Å². The summed E-state index contributed by atoms with van der Waals surface area (Å²) in [5.74, 6) is 0.280. The van der Waals surface area contributed by atoms with Crippen LogP contribution in [0.5, 0.6) is 5.75 Å². The summed E-state index contributed by atoms with van der Waals surface area (Å²) in [4.78, 5) is -0.0559. The van der Waals surface area contributed by atoms with Crippen LogP contribution >= 0.6 is 31.9 Å². The van der Waals surface area contributed by atoms with Crippen molar-refractivity contribution in [1.82, 2.24) is 0 Å². The first-order valence-corrected chi connectivity index (χ1v) is 7.53. The van der Waals surface area contributed by atoms with E-state index in [1.54, 1.807) is 12.1 Å². The third kappa shape index (κ3) is 3.80. The van der Waals surface area contributed by atoms with Gasteiger partial charge < -0.3 is 4.74 Å². The Morgan fingerprint density at radius 3 is 2.42 bits per heavy atom. The van der Waals surface area contributed by atoms with Gasteiger partial charge in [0, 0.05) is 20.9 Å². The molecule has 0 aliphatic carbocycles. The monoisotopic (exact) mass is 386 g/mol. The van der Waals surface area contributed by atoms with Crippen molar-refractivity contribution in [2.75, 3.05) is 7.11 Å². The van der Waals surface area contributed by atoms with Crippen LogP contribution in [-0.2, 0) is 6.42 Å². The van der Waals surface area contributed by atoms with Crippen LogP contribution in [0.2, 0.25) is 0 Å². The van der Waals surface area contributed by atoms with Gasteiger partial charge in [0.25, 0.3) is 0 Å². The number of hydrogen-bond donors (Lipinski definition) is 0. The summed E-state index contributed by atoms with van der Waals surface area (Å²) in [5, 5.41) is 0. The normalized spacial score (nSPS) is 12.2. The van der Waals surface area contributed by atoms with E-state index < -0.39 is 0 Å². The van der Waals surface area contributed by atoms with Crippen LogP contribution in [0.15, 0.2) is 46.9 Å². The van der Waals surface area contributed by atoms with Gasteiger partial charge in [-0.1, -0.05) is 50.1 Å². The largest absolute Gasteiger partial charge is 0.497 e. The predicted molar refractivity (Wildman–Crippen MR) is 82.5 cm³/mol. The minimum absolute atomic E-state index is 0.0559. The van der Waals surface area contributed by atoms with Gasteiger partial charge >= 0.3 is 0 Å². The molecule has 100 valence electrons. The van der Waals surface area contributed by atoms with E-state index in [4.69, 9.17) is 4.74 Å². The lowest BCUT2D eigenvalue weighted by atomic mass is 10.0. The van der Waals surface area contributed by atoms with Crippen LogP contribution in [0.4, 0.5) is 4.39 Å². The van der Waals surface area contributed by atoms with E-state index in [9.17, 15) is 4.39 Å². The van der Waals surface area contributed by atoms with Crippen LogP contribution in [0.3, 0.4) is 0 Å². The lowest BCUT2D eigenvalue weighted by Crippen LogP contribution is -1.99. The molecule has 2 aromatic carbocycles. The maximum absolute atomic E-state index is 13.9. The molecule has 2 rings (SSSR count). The molecule has 0 bridgehead atoms. The first kappa shape index (κ1) is 14.5. The van der Waals surface area contributed by atoms with Crippen molar-refractivity contribution in [3.05, 3.63) is 63.9 Å². The van der Waals surface area contributed by atoms with E-state index in [1.807, 2.05) is 24.3 Å². The molecule has 0 amide bonds. The molecule has 1 unspecified atom stereocenters. The number of hydrogen-bond acceptors (Lipinski definition) is 1. The maximum Gasteiger partial charge on any atom is 0.131 e. The van der Waals surface area contributed by atoms with E-state index in [0.29, 0.717) is 11.3 Å². The lowest BCUT2D eigenvalue weighted by molar-refractivity contribution is 0.410. The Morgan fingerprint density at radius 1 is 1.16 bits per heavy atom. The Kier molecular flexibility index (Phi) is 4.99. The average molecular weight is 388 g/mol. The topological polar surface area (TPSA) is 9.23 Å². The summed E-state index contributed by atoms with van der Waals surface area (Å²) in [5.41, 5.74) is 1.80. The number of halogens is 3. The highest BCUT2D eigenvalue weighted by atomic mass is 79.9. The quantitative estimate of drug-likeness (QED) is 0.649. The van der Waals surface area contributed by atoms with Crippen LogP contribution in [0.1, 0.15) is 16.0 Å². The fourth-order valence-corrected chi connectivity index (χ4v) is 2.84. The van der Waals surface area contributed by atoms with E-state index in [1.165, 1.54) is 13.2 Å². The first-order valence-electron chi connectivity index (χ1n) is 5.82. The number of methoxy groups -OCH3 is 1. The minimum atomic E-state index is -0.252. The van der Waals surface area contributed by atoms with Crippen LogP contribution in [-0.4, -0.2) is 7.11 Å². The zero-order chi connectivity index (χ0) is 13.8. The molecule has 0 saturated carbocycles. The number of benzene rings is 2. The maximum atomic E-state index is 13.9. The molecule has 0 aromatic heterocycles. The van der Waals surface area contributed by atoms with Crippen molar-refractivity contribution in [2.45, 2.75) is 11.2 Å². The van der Waals surface area contributed by atoms with E-state index in [0.717, 1.165) is 16.5 Å². The Bertz CT molecular complexity index is 555. The molecule has 0 aliphatic rings. The van der Waals surface area contributed by atoms with Crippen LogP contribution in [0, 0.1) is 5.82 Å². The third-order valence-electron chi connectivity index (χ3n) is 2.87. The molecule has 1 atom stereocenters. The van der Waals surface area contributed by atoms with Crippen LogP contribution in [0.25, 0.3) is 0 Å². The minimum Gasteiger partial charge on any atom is -0.497 e. The van der Waals surface area contributed by atoms with E-state index in [2.05, 4.69) is 31.9 Å². The van der Waals surface area contributed by atoms with Gasteiger partial charge in [-0.25, -0.2) is 4.39 Å². The average Bonchev–Trinajstić information content (AvgIpc) is 2.41. The molecule has 0 aliphatic heterocycles. The molecule has 4 heteroatoms. The van der Waals surface area contributed by atoms with Crippen molar-refractivity contribution < 1.29 is 9.13 Å². The molecule has 0 saturated heterocycles. The smallest absolute Gasteiger partial charge is 0.131 e. The van der Waals surface area contributed by atoms with Crippen molar-refractivity contribution in [3.63, 3.8) is 0 Å². The van der Waals surface area contributed by atoms with Gasteiger partial charge in [0.15, 0.2) is 0 Å². The zero-order valence-electron chi connectivity index (χ0n) is 10.4. The zero-order valence-corrected chi connectivity index (χ0v) is 13.5. The van der Waals surface area contributed by atoms with Gasteiger partial charge in [0.05, 0.1) is 7.11 Å². The Labute approximate surface area is 129 Å². The van der Waals surface area contributed by atoms with Crippen LogP contribution < -0.4 is 4.74 Å². The second-order valence-corrected chi connectivity index (χ2v) is 6.21. The molecule has 0 N–H and O–H groups in total. The Hall–Kier alpha value is -0.870. The molecule has 0 heterocycles. The van der Waals surface area contributed by atoms with E-state index >= 15 is 0 Å². The summed E-state index contributed by atoms with van der Waals surface area (Å²) >= 11 is 6.94. The molecule has 0 fully saturated rings. The fraction of sp³-hybridized carbons (Fsp3) is 0.200. The molecule has 0 radical (unpaired) electrons. The second-order valence-electron chi connectivity index (χ2n) is 4.19. The second kappa shape index (κ2) is 6.53. The lowest BCUT2D eigenvalue weighted by Gasteiger charge is -2.12. The standard InChI is InChI=1S/C15H13Br2FO/c1-19-12-6-7-13(15(18)9-12)14(17)8-10-2-4-11(16)5-3-10/h2-7,9,14H,8H2,1H3. The number of ether oxygens (including phenoxy) is 1. The predicted octanol–water partition coefficient (Wildman–Crippen LogP) is 5.28. The summed E-state index contributed by atoms with van der Waals surface area (Å²) in [7, 11) is 1.53. The third-order valence-corrected chi connectivity index (χ3v) is 4.22. The molecular weight excluding hydrogens is 375 g/mol. The van der Waals surface area contributed by atoms with Crippen molar-refractivity contribution in [1.29, 1.82) is 0 Å². The highest BCUT2D eigenvalue weighted by molar-refractivity contribution is 9.10. The Morgan fingerprint density at radius 2 is 1.84 bits per heavy atom. The van der Waals surface area contributed by atoms with Gasteiger partial charge in [0.2, 0.25) is 0 Å². The highest BCUT2D eigenvalue weighted by Crippen LogP contribution is 2.31. The van der Waals surface area contributed by atoms with Crippen molar-refractivity contribution in [2.24, 2.45) is 0 Å². The van der Waals surface area contributed by atoms with Gasteiger partial charge in [-0.15, -0.1) is 0 Å². The van der Waals surface area contributed by atoms with Gasteiger partial charge in [0.1, 0.15) is 11.6 Å². The van der Waals surface area contributed by atoms with Crippen molar-refractivity contribution >= 4 is 31.9 Å². The molecular formula is C15H13Br2FO. The van der Waals surface area contributed by atoms with Gasteiger partial charge in [-0.05, 0) is 30.2 Å². The van der Waals surface area contributed by atoms with Gasteiger partial charge in [-0.2, -0.15) is 0 Å². The fourth-order valence-electron chi connectivity index (χ4n) is 1.83. The highest BCUT2D eigenvalue weighted by Gasteiger charge is 2.14. The first-order chi connectivity index (χ1) is 9.10. The SMILES string of the molecule is COc1ccc(C(Br)Cc2ccc(Br)cc2)c(F)c1.